The summed E-state index contributed by atoms with van der Waals surface area (Å²) in [6, 6.07) is 27.1. The van der Waals surface area contributed by atoms with Crippen molar-refractivity contribution in [3.8, 4) is 0 Å². The van der Waals surface area contributed by atoms with Crippen molar-refractivity contribution in [3.63, 3.8) is 0 Å². The van der Waals surface area contributed by atoms with Gasteiger partial charge in [-0.05, 0) is 66.4 Å². The molecule has 7 nitrogen and oxygen atoms in total. The minimum absolute atomic E-state index is 0.00419. The molecule has 1 fully saturated rings. The van der Waals surface area contributed by atoms with E-state index in [1.165, 1.54) is 29.2 Å². The molecule has 47 heavy (non-hydrogen) atoms. The summed E-state index contributed by atoms with van der Waals surface area (Å²) in [6.07, 6.45) is 5.09. The molecule has 1 saturated carbocycles. The van der Waals surface area contributed by atoms with Gasteiger partial charge in [0, 0.05) is 23.5 Å². The molecule has 0 bridgehead atoms. The average Bonchev–Trinajstić information content (AvgIpc) is 3.08. The summed E-state index contributed by atoms with van der Waals surface area (Å²) < 4.78 is 44.1. The minimum atomic E-state index is -4.32. The molecule has 0 spiro atoms. The highest BCUT2D eigenvalue weighted by Crippen LogP contribution is 2.29. The SMILES string of the molecule is O=C(NC1CCCCC1)C(Cc1ccccc1)N(Cc1ccc(Br)cc1)C(=O)CN(c1ccc(F)c(Cl)c1)S(=O)(=O)c1ccccc1. The Morgan fingerprint density at radius 3 is 2.15 bits per heavy atom. The van der Waals surface area contributed by atoms with Gasteiger partial charge in [-0.25, -0.2) is 12.8 Å². The van der Waals surface area contributed by atoms with Crippen LogP contribution in [0.5, 0.6) is 0 Å². The summed E-state index contributed by atoms with van der Waals surface area (Å²) in [5, 5.41) is 2.90. The van der Waals surface area contributed by atoms with Gasteiger partial charge in [-0.15, -0.1) is 0 Å². The molecule has 5 rings (SSSR count). The quantitative estimate of drug-likeness (QED) is 0.163. The molecule has 4 aromatic rings. The van der Waals surface area contributed by atoms with Crippen molar-refractivity contribution < 1.29 is 22.4 Å². The number of anilines is 1. The molecule has 1 aliphatic carbocycles. The average molecular weight is 741 g/mol. The van der Waals surface area contributed by atoms with Crippen LogP contribution < -0.4 is 9.62 Å². The maximum Gasteiger partial charge on any atom is 0.264 e. The Balaban J connectivity index is 1.56. The second kappa shape index (κ2) is 15.9. The molecule has 1 N–H and O–H groups in total. The standard InChI is InChI=1S/C36H36BrClFN3O4S/c37-28-18-16-27(17-19-28)24-41(34(22-26-10-4-1-5-11-26)36(44)40-29-12-6-2-7-13-29)35(43)25-42(30-20-21-33(39)32(38)23-30)47(45,46)31-14-8-3-9-15-31/h1,3-5,8-11,14-21,23,29,34H,2,6-7,12-13,22,24-25H2,(H,40,44). The van der Waals surface area contributed by atoms with Gasteiger partial charge in [0.15, 0.2) is 0 Å². The van der Waals surface area contributed by atoms with Gasteiger partial charge < -0.3 is 10.2 Å². The van der Waals surface area contributed by atoms with Crippen LogP contribution in [0.25, 0.3) is 0 Å². The lowest BCUT2D eigenvalue weighted by molar-refractivity contribution is -0.140. The summed E-state index contributed by atoms with van der Waals surface area (Å²) in [6.45, 7) is -0.608. The lowest BCUT2D eigenvalue weighted by atomic mass is 9.94. The van der Waals surface area contributed by atoms with Crippen LogP contribution in [0.1, 0.15) is 43.2 Å². The first-order valence-corrected chi connectivity index (χ1v) is 18.1. The fourth-order valence-corrected chi connectivity index (χ4v) is 7.64. The van der Waals surface area contributed by atoms with Crippen molar-refractivity contribution >= 4 is 55.1 Å². The lowest BCUT2D eigenvalue weighted by Gasteiger charge is -2.35. The van der Waals surface area contributed by atoms with Crippen molar-refractivity contribution in [3.05, 3.63) is 130 Å². The van der Waals surface area contributed by atoms with E-state index in [0.29, 0.717) is 0 Å². The molecule has 1 unspecified atom stereocenters. The van der Waals surface area contributed by atoms with E-state index in [2.05, 4.69) is 21.2 Å². The summed E-state index contributed by atoms with van der Waals surface area (Å²) >= 11 is 9.55. The zero-order valence-electron chi connectivity index (χ0n) is 25.7. The third kappa shape index (κ3) is 9.00. The summed E-state index contributed by atoms with van der Waals surface area (Å²) in [4.78, 5) is 30.1. The minimum Gasteiger partial charge on any atom is -0.352 e. The topological polar surface area (TPSA) is 86.8 Å². The molecule has 0 radical (unpaired) electrons. The summed E-state index contributed by atoms with van der Waals surface area (Å²) in [5.74, 6) is -1.63. The molecule has 1 aliphatic rings. The summed E-state index contributed by atoms with van der Waals surface area (Å²) in [5.41, 5.74) is 1.62. The second-order valence-corrected chi connectivity index (χ2v) is 14.8. The van der Waals surface area contributed by atoms with Gasteiger partial charge in [-0.3, -0.25) is 13.9 Å². The second-order valence-electron chi connectivity index (χ2n) is 11.6. The first-order valence-electron chi connectivity index (χ1n) is 15.5. The van der Waals surface area contributed by atoms with E-state index < -0.39 is 34.3 Å². The summed E-state index contributed by atoms with van der Waals surface area (Å²) in [7, 11) is -4.32. The van der Waals surface area contributed by atoms with Crippen LogP contribution >= 0.6 is 27.5 Å². The van der Waals surface area contributed by atoms with Gasteiger partial charge in [0.2, 0.25) is 11.8 Å². The van der Waals surface area contributed by atoms with Crippen LogP contribution in [0.4, 0.5) is 10.1 Å². The Kier molecular flexibility index (Phi) is 11.7. The van der Waals surface area contributed by atoms with E-state index >= 15 is 0 Å². The van der Waals surface area contributed by atoms with Crippen LogP contribution in [0.3, 0.4) is 0 Å². The van der Waals surface area contributed by atoms with Gasteiger partial charge >= 0.3 is 0 Å². The number of amides is 2. The number of halogens is 3. The van der Waals surface area contributed by atoms with Crippen LogP contribution in [-0.4, -0.2) is 43.8 Å². The number of rotatable bonds is 12. The number of carbonyl (C=O) groups excluding carboxylic acids is 2. The highest BCUT2D eigenvalue weighted by molar-refractivity contribution is 9.10. The molecule has 0 saturated heterocycles. The number of sulfonamides is 1. The highest BCUT2D eigenvalue weighted by Gasteiger charge is 2.35. The molecule has 0 aromatic heterocycles. The predicted octanol–water partition coefficient (Wildman–Crippen LogP) is 7.53. The monoisotopic (exact) mass is 739 g/mol. The van der Waals surface area contributed by atoms with Gasteiger partial charge in [0.05, 0.1) is 15.6 Å². The van der Waals surface area contributed by atoms with E-state index in [0.717, 1.165) is 58.1 Å². The lowest BCUT2D eigenvalue weighted by Crippen LogP contribution is -2.55. The molecular formula is C36H36BrClFN3O4S. The van der Waals surface area contributed by atoms with Gasteiger partial charge in [0.25, 0.3) is 10.0 Å². The van der Waals surface area contributed by atoms with E-state index in [1.54, 1.807) is 18.2 Å². The molecule has 2 amide bonds. The van der Waals surface area contributed by atoms with Crippen LogP contribution in [-0.2, 0) is 32.6 Å². The largest absolute Gasteiger partial charge is 0.352 e. The number of nitrogens with one attached hydrogen (secondary N) is 1. The molecule has 11 heteroatoms. The van der Waals surface area contributed by atoms with Crippen molar-refractivity contribution in [2.75, 3.05) is 10.8 Å². The normalized spacial score (nSPS) is 14.3. The first kappa shape index (κ1) is 34.6. The fourth-order valence-electron chi connectivity index (χ4n) is 5.77. The zero-order valence-corrected chi connectivity index (χ0v) is 28.9. The Morgan fingerprint density at radius 1 is 0.872 bits per heavy atom. The van der Waals surface area contributed by atoms with Crippen molar-refractivity contribution in [2.45, 2.75) is 62.0 Å². The van der Waals surface area contributed by atoms with E-state index in [-0.39, 0.29) is 40.5 Å². The Morgan fingerprint density at radius 2 is 1.51 bits per heavy atom. The smallest absolute Gasteiger partial charge is 0.264 e. The van der Waals surface area contributed by atoms with Crippen LogP contribution in [0, 0.1) is 5.82 Å². The molecule has 1 atom stereocenters. The van der Waals surface area contributed by atoms with Crippen molar-refractivity contribution in [1.29, 1.82) is 0 Å². The molecule has 0 aliphatic heterocycles. The van der Waals surface area contributed by atoms with Gasteiger partial charge in [-0.2, -0.15) is 0 Å². The predicted molar refractivity (Wildman–Crippen MR) is 186 cm³/mol. The Labute approximate surface area is 288 Å². The van der Waals surface area contributed by atoms with Crippen LogP contribution in [0.2, 0.25) is 5.02 Å². The maximum absolute atomic E-state index is 14.6. The van der Waals surface area contributed by atoms with E-state index in [9.17, 15) is 22.4 Å². The highest BCUT2D eigenvalue weighted by atomic mass is 79.9. The van der Waals surface area contributed by atoms with Crippen molar-refractivity contribution in [1.82, 2.24) is 10.2 Å². The van der Waals surface area contributed by atoms with Gasteiger partial charge in [-0.1, -0.05) is 107 Å². The number of hydrogen-bond acceptors (Lipinski definition) is 4. The molecular weight excluding hydrogens is 705 g/mol. The first-order chi connectivity index (χ1) is 22.6. The fraction of sp³-hybridized carbons (Fsp3) is 0.278. The zero-order chi connectivity index (χ0) is 33.4. The number of benzene rings is 4. The van der Waals surface area contributed by atoms with Gasteiger partial charge in [0.1, 0.15) is 18.4 Å². The third-order valence-electron chi connectivity index (χ3n) is 8.29. The molecule has 246 valence electrons. The van der Waals surface area contributed by atoms with Crippen LogP contribution in [0.15, 0.2) is 112 Å². The van der Waals surface area contributed by atoms with E-state index in [4.69, 9.17) is 11.6 Å². The number of hydrogen-bond donors (Lipinski definition) is 1. The molecule has 0 heterocycles. The molecule has 4 aromatic carbocycles. The number of carbonyl (C=O) groups is 2. The Bertz CT molecular complexity index is 1770. The number of nitrogens with zero attached hydrogens (tertiary/aromatic N) is 2. The van der Waals surface area contributed by atoms with Crippen molar-refractivity contribution in [2.24, 2.45) is 0 Å². The van der Waals surface area contributed by atoms with E-state index in [1.807, 2.05) is 54.6 Å². The Hall–Kier alpha value is -3.73. The third-order valence-corrected chi connectivity index (χ3v) is 10.9. The maximum atomic E-state index is 14.6.